The van der Waals surface area contributed by atoms with E-state index in [1.807, 2.05) is 25.1 Å². The molecule has 0 aromatic heterocycles. The number of aryl methyl sites for hydroxylation is 1. The van der Waals surface area contributed by atoms with E-state index >= 15 is 0 Å². The van der Waals surface area contributed by atoms with E-state index in [-0.39, 0.29) is 11.5 Å². The number of benzene rings is 1. The van der Waals surface area contributed by atoms with Crippen molar-refractivity contribution in [1.82, 2.24) is 0 Å². The molecule has 1 rings (SSSR count). The van der Waals surface area contributed by atoms with Gasteiger partial charge < -0.3 is 5.73 Å². The van der Waals surface area contributed by atoms with E-state index in [9.17, 15) is 0 Å². The number of hydrogen-bond acceptors (Lipinski definition) is 1. The highest BCUT2D eigenvalue weighted by atomic mass is 35.5. The minimum atomic E-state index is 0.0553. The van der Waals surface area contributed by atoms with Crippen LogP contribution in [0.3, 0.4) is 0 Å². The molecule has 0 aliphatic heterocycles. The maximum atomic E-state index is 6.18. The largest absolute Gasteiger partial charge is 0.324 e. The molecule has 78 valence electrons. The minimum absolute atomic E-state index is 0.0553. The molecule has 0 spiro atoms. The molecule has 2 heteroatoms. The summed E-state index contributed by atoms with van der Waals surface area (Å²) < 4.78 is 0. The van der Waals surface area contributed by atoms with Gasteiger partial charge in [0.2, 0.25) is 0 Å². The molecule has 1 nitrogen and oxygen atoms in total. The van der Waals surface area contributed by atoms with E-state index in [4.69, 9.17) is 17.3 Å². The number of nitrogens with two attached hydrogens (primary N) is 1. The molecule has 0 heterocycles. The normalized spacial score (nSPS) is 14.1. The first-order valence-corrected chi connectivity index (χ1v) is 5.22. The summed E-state index contributed by atoms with van der Waals surface area (Å²) in [5.74, 6) is 0. The van der Waals surface area contributed by atoms with Crippen molar-refractivity contribution < 1.29 is 0 Å². The zero-order valence-corrected chi connectivity index (χ0v) is 10.0. The van der Waals surface area contributed by atoms with Crippen LogP contribution in [0, 0.1) is 12.3 Å². The summed E-state index contributed by atoms with van der Waals surface area (Å²) in [6.07, 6.45) is 0. The van der Waals surface area contributed by atoms with E-state index in [0.29, 0.717) is 0 Å². The predicted octanol–water partition coefficient (Wildman–Crippen LogP) is 3.69. The molecule has 0 aliphatic carbocycles. The highest BCUT2D eigenvalue weighted by Crippen LogP contribution is 2.32. The fourth-order valence-corrected chi connectivity index (χ4v) is 1.68. The lowest BCUT2D eigenvalue weighted by atomic mass is 9.81. The van der Waals surface area contributed by atoms with E-state index in [0.717, 1.165) is 5.02 Å². The first kappa shape index (κ1) is 11.5. The van der Waals surface area contributed by atoms with Gasteiger partial charge in [-0.25, -0.2) is 0 Å². The van der Waals surface area contributed by atoms with Gasteiger partial charge in [0.15, 0.2) is 0 Å². The average Bonchev–Trinajstić information content (AvgIpc) is 2.01. The summed E-state index contributed by atoms with van der Waals surface area (Å²) >= 11 is 5.90. The van der Waals surface area contributed by atoms with Gasteiger partial charge in [0, 0.05) is 11.1 Å². The quantitative estimate of drug-likeness (QED) is 0.754. The molecule has 0 unspecified atom stereocenters. The van der Waals surface area contributed by atoms with Crippen molar-refractivity contribution in [1.29, 1.82) is 0 Å². The Morgan fingerprint density at radius 2 is 1.86 bits per heavy atom. The van der Waals surface area contributed by atoms with Crippen LogP contribution < -0.4 is 5.73 Å². The Kier molecular flexibility index (Phi) is 3.23. The molecule has 0 saturated carbocycles. The van der Waals surface area contributed by atoms with Crippen LogP contribution in [0.1, 0.15) is 37.9 Å². The van der Waals surface area contributed by atoms with Gasteiger partial charge in [-0.2, -0.15) is 0 Å². The second-order valence-corrected chi connectivity index (χ2v) is 5.28. The van der Waals surface area contributed by atoms with Gasteiger partial charge in [-0.15, -0.1) is 0 Å². The SMILES string of the molecule is Cc1cc(Cl)ccc1[C@H](N)C(C)(C)C. The first-order valence-electron chi connectivity index (χ1n) is 4.84. The van der Waals surface area contributed by atoms with Gasteiger partial charge in [-0.05, 0) is 35.6 Å². The summed E-state index contributed by atoms with van der Waals surface area (Å²) in [5.41, 5.74) is 8.61. The van der Waals surface area contributed by atoms with Crippen molar-refractivity contribution in [3.63, 3.8) is 0 Å². The smallest absolute Gasteiger partial charge is 0.0408 e. The lowest BCUT2D eigenvalue weighted by Gasteiger charge is -2.28. The second-order valence-electron chi connectivity index (χ2n) is 4.84. The molecule has 1 aromatic rings. The third-order valence-corrected chi connectivity index (χ3v) is 2.74. The van der Waals surface area contributed by atoms with Crippen molar-refractivity contribution in [2.24, 2.45) is 11.1 Å². The summed E-state index contributed by atoms with van der Waals surface area (Å²) in [6.45, 7) is 8.48. The molecule has 0 aliphatic rings. The predicted molar refractivity (Wildman–Crippen MR) is 62.6 cm³/mol. The van der Waals surface area contributed by atoms with Crippen LogP contribution in [0.4, 0.5) is 0 Å². The standard InChI is InChI=1S/C12H18ClN/c1-8-7-9(13)5-6-10(8)11(14)12(2,3)4/h5-7,11H,14H2,1-4H3/t11-/m0/s1. The molecule has 0 amide bonds. The van der Waals surface area contributed by atoms with Gasteiger partial charge >= 0.3 is 0 Å². The molecule has 0 saturated heterocycles. The fraction of sp³-hybridized carbons (Fsp3) is 0.500. The summed E-state index contributed by atoms with van der Waals surface area (Å²) in [4.78, 5) is 0. The van der Waals surface area contributed by atoms with E-state index in [2.05, 4.69) is 20.8 Å². The Hall–Kier alpha value is -0.530. The summed E-state index contributed by atoms with van der Waals surface area (Å²) in [7, 11) is 0. The molecule has 0 radical (unpaired) electrons. The van der Waals surface area contributed by atoms with Crippen LogP contribution in [-0.4, -0.2) is 0 Å². The van der Waals surface area contributed by atoms with Crippen molar-refractivity contribution in [3.8, 4) is 0 Å². The van der Waals surface area contributed by atoms with Crippen LogP contribution in [-0.2, 0) is 0 Å². The van der Waals surface area contributed by atoms with Crippen LogP contribution in [0.5, 0.6) is 0 Å². The molecular formula is C12H18ClN. The third-order valence-electron chi connectivity index (χ3n) is 2.50. The van der Waals surface area contributed by atoms with Gasteiger partial charge in [0.25, 0.3) is 0 Å². The fourth-order valence-electron chi connectivity index (χ4n) is 1.45. The Morgan fingerprint density at radius 3 is 2.29 bits per heavy atom. The van der Waals surface area contributed by atoms with Gasteiger partial charge in [-0.1, -0.05) is 38.4 Å². The zero-order valence-electron chi connectivity index (χ0n) is 9.26. The van der Waals surface area contributed by atoms with Crippen molar-refractivity contribution in [3.05, 3.63) is 34.3 Å². The van der Waals surface area contributed by atoms with Crippen molar-refractivity contribution >= 4 is 11.6 Å². The molecular weight excluding hydrogens is 194 g/mol. The highest BCUT2D eigenvalue weighted by Gasteiger charge is 2.23. The van der Waals surface area contributed by atoms with Crippen LogP contribution in [0.25, 0.3) is 0 Å². The van der Waals surface area contributed by atoms with Gasteiger partial charge in [0.1, 0.15) is 0 Å². The molecule has 14 heavy (non-hydrogen) atoms. The van der Waals surface area contributed by atoms with Crippen molar-refractivity contribution in [2.45, 2.75) is 33.7 Å². The molecule has 0 fully saturated rings. The lowest BCUT2D eigenvalue weighted by Crippen LogP contribution is -2.26. The number of halogens is 1. The number of rotatable bonds is 1. The van der Waals surface area contributed by atoms with E-state index < -0.39 is 0 Å². The highest BCUT2D eigenvalue weighted by molar-refractivity contribution is 6.30. The van der Waals surface area contributed by atoms with E-state index in [1.165, 1.54) is 11.1 Å². The second kappa shape index (κ2) is 3.92. The maximum absolute atomic E-state index is 6.18. The Balaban J connectivity index is 3.08. The third kappa shape index (κ3) is 2.49. The molecule has 2 N–H and O–H groups in total. The Bertz CT molecular complexity index is 326. The average molecular weight is 212 g/mol. The Labute approximate surface area is 91.3 Å². The molecule has 1 aromatic carbocycles. The topological polar surface area (TPSA) is 26.0 Å². The van der Waals surface area contributed by atoms with Crippen LogP contribution >= 0.6 is 11.6 Å². The zero-order chi connectivity index (χ0) is 10.9. The Morgan fingerprint density at radius 1 is 1.29 bits per heavy atom. The monoisotopic (exact) mass is 211 g/mol. The first-order chi connectivity index (χ1) is 6.32. The van der Waals surface area contributed by atoms with Gasteiger partial charge in [-0.3, -0.25) is 0 Å². The molecule has 1 atom stereocenters. The van der Waals surface area contributed by atoms with Crippen LogP contribution in [0.15, 0.2) is 18.2 Å². The van der Waals surface area contributed by atoms with E-state index in [1.54, 1.807) is 0 Å². The van der Waals surface area contributed by atoms with Gasteiger partial charge in [0.05, 0.1) is 0 Å². The van der Waals surface area contributed by atoms with Crippen molar-refractivity contribution in [2.75, 3.05) is 0 Å². The van der Waals surface area contributed by atoms with Crippen LogP contribution in [0.2, 0.25) is 5.02 Å². The lowest BCUT2D eigenvalue weighted by molar-refractivity contribution is 0.326. The molecule has 0 bridgehead atoms. The summed E-state index contributed by atoms with van der Waals surface area (Å²) in [6, 6.07) is 5.94. The summed E-state index contributed by atoms with van der Waals surface area (Å²) in [5, 5.41) is 0.771. The maximum Gasteiger partial charge on any atom is 0.0408 e. The number of hydrogen-bond donors (Lipinski definition) is 1. The minimum Gasteiger partial charge on any atom is -0.324 e.